The average molecular weight is 533 g/mol. The van der Waals surface area contributed by atoms with Gasteiger partial charge in [-0.25, -0.2) is 0 Å². The number of hydrogen-bond acceptors (Lipinski definition) is 7. The molecule has 0 aliphatic carbocycles. The van der Waals surface area contributed by atoms with Crippen molar-refractivity contribution in [2.75, 3.05) is 12.0 Å². The van der Waals surface area contributed by atoms with Gasteiger partial charge in [0, 0.05) is 6.07 Å². The third-order valence-electron chi connectivity index (χ3n) is 5.00. The summed E-state index contributed by atoms with van der Waals surface area (Å²) in [5.41, 5.74) is -0.824. The van der Waals surface area contributed by atoms with Gasteiger partial charge in [0.1, 0.15) is 0 Å². The Morgan fingerprint density at radius 2 is 1.72 bits per heavy atom. The second kappa shape index (κ2) is 9.99. The van der Waals surface area contributed by atoms with Crippen LogP contribution in [0.4, 0.5) is 24.5 Å². The zero-order valence-electron chi connectivity index (χ0n) is 18.3. The first-order chi connectivity index (χ1) is 17.1. The van der Waals surface area contributed by atoms with Gasteiger partial charge in [0.25, 0.3) is 5.91 Å². The third-order valence-corrected chi connectivity index (χ3v) is 6.30. The number of para-hydroxylation sites is 1. The molecule has 1 aliphatic rings. The number of nitro benzene ring substituents is 1. The Hall–Kier alpha value is -3.90. The number of nitro groups is 1. The lowest BCUT2D eigenvalue weighted by Crippen LogP contribution is -2.27. The van der Waals surface area contributed by atoms with Crippen molar-refractivity contribution in [3.05, 3.63) is 92.9 Å². The van der Waals surface area contributed by atoms with Gasteiger partial charge < -0.3 is 9.47 Å². The highest BCUT2D eigenvalue weighted by Crippen LogP contribution is 2.41. The summed E-state index contributed by atoms with van der Waals surface area (Å²) in [5, 5.41) is 11.3. The average Bonchev–Trinajstić information content (AvgIpc) is 3.12. The molecule has 4 rings (SSSR count). The van der Waals surface area contributed by atoms with Crippen LogP contribution >= 0.6 is 24.0 Å². The molecular formula is C24H15F3N2O5S2. The van der Waals surface area contributed by atoms with Gasteiger partial charge in [-0.3, -0.25) is 19.8 Å². The van der Waals surface area contributed by atoms with E-state index in [1.165, 1.54) is 24.1 Å². The lowest BCUT2D eigenvalue weighted by molar-refractivity contribution is -0.385. The molecule has 3 aromatic rings. The molecular weight excluding hydrogens is 517 g/mol. The van der Waals surface area contributed by atoms with Crippen molar-refractivity contribution in [2.24, 2.45) is 0 Å². The molecule has 0 N–H and O–H groups in total. The number of nitrogens with zero attached hydrogens (tertiary/aromatic N) is 2. The molecule has 0 bridgehead atoms. The van der Waals surface area contributed by atoms with E-state index in [-0.39, 0.29) is 23.2 Å². The van der Waals surface area contributed by atoms with Gasteiger partial charge >= 0.3 is 11.9 Å². The van der Waals surface area contributed by atoms with Gasteiger partial charge in [0.15, 0.2) is 15.8 Å². The molecule has 1 heterocycles. The molecule has 1 fully saturated rings. The maximum atomic E-state index is 13.0. The minimum atomic E-state index is -4.75. The first kappa shape index (κ1) is 25.2. The number of benzene rings is 3. The fourth-order valence-corrected chi connectivity index (χ4v) is 4.62. The number of ether oxygens (including phenoxy) is 2. The number of rotatable bonds is 6. The number of alkyl halides is 3. The Balaban J connectivity index is 1.62. The normalized spacial score (nSPS) is 14.9. The summed E-state index contributed by atoms with van der Waals surface area (Å²) in [6.07, 6.45) is -3.14. The zero-order chi connectivity index (χ0) is 26.0. The number of anilines is 1. The molecule has 184 valence electrons. The van der Waals surface area contributed by atoms with Gasteiger partial charge in [0.2, 0.25) is 5.75 Å². The van der Waals surface area contributed by atoms with Crippen molar-refractivity contribution in [3.63, 3.8) is 0 Å². The van der Waals surface area contributed by atoms with Gasteiger partial charge in [0.05, 0.1) is 28.2 Å². The van der Waals surface area contributed by atoms with Gasteiger partial charge in [-0.1, -0.05) is 48.2 Å². The fourth-order valence-electron chi connectivity index (χ4n) is 3.32. The summed E-state index contributed by atoms with van der Waals surface area (Å²) in [7, 11) is 1.34. The molecule has 1 amide bonds. The molecule has 0 unspecified atom stereocenters. The molecule has 0 spiro atoms. The van der Waals surface area contributed by atoms with Crippen LogP contribution in [0.25, 0.3) is 6.08 Å². The summed E-state index contributed by atoms with van der Waals surface area (Å²) < 4.78 is 50.1. The van der Waals surface area contributed by atoms with E-state index < -0.39 is 22.4 Å². The van der Waals surface area contributed by atoms with Gasteiger partial charge in [-0.15, -0.1) is 0 Å². The van der Waals surface area contributed by atoms with Crippen LogP contribution in [-0.2, 0) is 11.0 Å². The molecule has 1 aliphatic heterocycles. The molecule has 7 nitrogen and oxygen atoms in total. The molecule has 3 aromatic carbocycles. The number of thioether (sulfide) groups is 1. The van der Waals surface area contributed by atoms with Crippen molar-refractivity contribution in [1.82, 2.24) is 0 Å². The second-order valence-electron chi connectivity index (χ2n) is 7.30. The Kier molecular flexibility index (Phi) is 7.00. The zero-order valence-corrected chi connectivity index (χ0v) is 19.9. The summed E-state index contributed by atoms with van der Waals surface area (Å²) in [5.74, 6) is -0.496. The number of methoxy groups -OCH3 is 1. The topological polar surface area (TPSA) is 81.9 Å². The van der Waals surface area contributed by atoms with Crippen LogP contribution in [0.5, 0.6) is 17.2 Å². The number of carbonyl (C=O) groups excluding carboxylic acids is 1. The summed E-state index contributed by atoms with van der Waals surface area (Å²) in [6, 6.07) is 15.5. The fraction of sp³-hybridized carbons (Fsp3) is 0.0833. The first-order valence-electron chi connectivity index (χ1n) is 10.1. The van der Waals surface area contributed by atoms with Crippen LogP contribution in [0.15, 0.2) is 71.6 Å². The molecule has 0 saturated carbocycles. The standard InChI is InChI=1S/C24H15F3N2O5S2/c1-33-20-11-14(12-21-22(30)28(23(35)36-21)16-5-3-2-4-6-16)7-9-19(20)34-18-10-8-15(24(25,26)27)13-17(18)29(31)32/h2-13H,1H3/b21-12+. The van der Waals surface area contributed by atoms with Crippen molar-refractivity contribution >= 4 is 51.7 Å². The smallest absolute Gasteiger partial charge is 0.416 e. The molecule has 0 aromatic heterocycles. The number of amides is 1. The van der Waals surface area contributed by atoms with E-state index in [1.807, 2.05) is 6.07 Å². The van der Waals surface area contributed by atoms with E-state index in [1.54, 1.807) is 36.4 Å². The Morgan fingerprint density at radius 1 is 1.03 bits per heavy atom. The second-order valence-corrected chi connectivity index (χ2v) is 8.98. The highest BCUT2D eigenvalue weighted by molar-refractivity contribution is 8.27. The van der Waals surface area contributed by atoms with Crippen LogP contribution in [0.2, 0.25) is 0 Å². The monoisotopic (exact) mass is 532 g/mol. The number of thiocarbonyl (C=S) groups is 1. The van der Waals surface area contributed by atoms with Crippen LogP contribution in [0, 0.1) is 10.1 Å². The van der Waals surface area contributed by atoms with Crippen LogP contribution < -0.4 is 14.4 Å². The van der Waals surface area contributed by atoms with Crippen molar-refractivity contribution in [1.29, 1.82) is 0 Å². The van der Waals surface area contributed by atoms with Crippen molar-refractivity contribution < 1.29 is 32.4 Å². The predicted molar refractivity (Wildman–Crippen MR) is 133 cm³/mol. The minimum absolute atomic E-state index is 0.0364. The first-order valence-corrected chi connectivity index (χ1v) is 11.4. The number of hydrogen-bond donors (Lipinski definition) is 0. The maximum Gasteiger partial charge on any atom is 0.416 e. The van der Waals surface area contributed by atoms with Crippen LogP contribution in [0.1, 0.15) is 11.1 Å². The predicted octanol–water partition coefficient (Wildman–Crippen LogP) is 6.82. The highest BCUT2D eigenvalue weighted by Gasteiger charge is 2.34. The molecule has 1 saturated heterocycles. The van der Waals surface area contributed by atoms with E-state index >= 15 is 0 Å². The summed E-state index contributed by atoms with van der Waals surface area (Å²) in [4.78, 5) is 25.1. The van der Waals surface area contributed by atoms with E-state index in [0.29, 0.717) is 32.6 Å². The van der Waals surface area contributed by atoms with E-state index in [9.17, 15) is 28.1 Å². The molecule has 12 heteroatoms. The summed E-state index contributed by atoms with van der Waals surface area (Å²) >= 11 is 6.49. The van der Waals surface area contributed by atoms with Crippen LogP contribution in [0.3, 0.4) is 0 Å². The lowest BCUT2D eigenvalue weighted by atomic mass is 10.1. The molecule has 36 heavy (non-hydrogen) atoms. The van der Waals surface area contributed by atoms with Gasteiger partial charge in [-0.2, -0.15) is 13.2 Å². The third kappa shape index (κ3) is 5.19. The van der Waals surface area contributed by atoms with E-state index in [4.69, 9.17) is 21.7 Å². The van der Waals surface area contributed by atoms with Gasteiger partial charge in [-0.05, 0) is 48.0 Å². The SMILES string of the molecule is COc1cc(/C=C2/SC(=S)N(c3ccccc3)C2=O)ccc1Oc1ccc(C(F)(F)F)cc1[N+](=O)[O-]. The minimum Gasteiger partial charge on any atom is -0.493 e. The molecule has 0 radical (unpaired) electrons. The van der Waals surface area contributed by atoms with Crippen LogP contribution in [-0.4, -0.2) is 22.3 Å². The van der Waals surface area contributed by atoms with E-state index in [0.717, 1.165) is 17.8 Å². The lowest BCUT2D eigenvalue weighted by Gasteiger charge is -2.14. The molecule has 0 atom stereocenters. The van der Waals surface area contributed by atoms with Crippen molar-refractivity contribution in [3.8, 4) is 17.2 Å². The van der Waals surface area contributed by atoms with Crippen molar-refractivity contribution in [2.45, 2.75) is 6.18 Å². The quantitative estimate of drug-likeness (QED) is 0.149. The highest BCUT2D eigenvalue weighted by atomic mass is 32.2. The maximum absolute atomic E-state index is 13.0. The Morgan fingerprint density at radius 3 is 2.36 bits per heavy atom. The van der Waals surface area contributed by atoms with E-state index in [2.05, 4.69) is 0 Å². The number of halogens is 3. The Bertz CT molecular complexity index is 1390. The number of carbonyl (C=O) groups is 1. The largest absolute Gasteiger partial charge is 0.493 e. The Labute approximate surface area is 212 Å². The summed E-state index contributed by atoms with van der Waals surface area (Å²) in [6.45, 7) is 0.